The van der Waals surface area contributed by atoms with E-state index in [1.807, 2.05) is 0 Å². The van der Waals surface area contributed by atoms with Gasteiger partial charge in [-0.25, -0.2) is 9.37 Å². The second kappa shape index (κ2) is 3.59. The Hall–Kier alpha value is -0.480. The number of hydrogen-bond donors (Lipinski definition) is 1. The van der Waals surface area contributed by atoms with Gasteiger partial charge in [-0.3, -0.25) is 0 Å². The smallest absolute Gasteiger partial charge is 0.146 e. The van der Waals surface area contributed by atoms with Gasteiger partial charge < -0.3 is 5.32 Å². The molecule has 1 aromatic rings. The normalized spacial score (nSPS) is 18.2. The minimum absolute atomic E-state index is 0.238. The molecule has 1 N–H and O–H groups in total. The standard InChI is InChI=1S/C10H12BrFN2/c1-10(2-3-10)14-5-7-4-9(11)13-6-8(7)12/h4,6,14H,2-3,5H2,1H3. The van der Waals surface area contributed by atoms with Gasteiger partial charge in [-0.05, 0) is 41.8 Å². The van der Waals surface area contributed by atoms with Gasteiger partial charge in [0.25, 0.3) is 0 Å². The molecule has 2 rings (SSSR count). The molecule has 76 valence electrons. The molecule has 0 amide bonds. The van der Waals surface area contributed by atoms with Gasteiger partial charge >= 0.3 is 0 Å². The molecule has 2 nitrogen and oxygen atoms in total. The fourth-order valence-corrected chi connectivity index (χ4v) is 1.64. The SMILES string of the molecule is CC1(NCc2cc(Br)ncc2F)CC1. The molecule has 0 bridgehead atoms. The maximum Gasteiger partial charge on any atom is 0.146 e. The molecule has 1 aromatic heterocycles. The molecule has 1 fully saturated rings. The van der Waals surface area contributed by atoms with Crippen LogP contribution in [0.3, 0.4) is 0 Å². The Kier molecular flexibility index (Phi) is 2.58. The molecule has 14 heavy (non-hydrogen) atoms. The average molecular weight is 259 g/mol. The van der Waals surface area contributed by atoms with Gasteiger partial charge in [0.1, 0.15) is 10.4 Å². The van der Waals surface area contributed by atoms with Crippen molar-refractivity contribution in [3.63, 3.8) is 0 Å². The molecule has 1 aliphatic rings. The third-order valence-electron chi connectivity index (χ3n) is 2.61. The van der Waals surface area contributed by atoms with Crippen LogP contribution in [-0.4, -0.2) is 10.5 Å². The summed E-state index contributed by atoms with van der Waals surface area (Å²) in [5.74, 6) is -0.245. The van der Waals surface area contributed by atoms with Crippen LogP contribution in [0.15, 0.2) is 16.9 Å². The lowest BCUT2D eigenvalue weighted by Gasteiger charge is -2.11. The van der Waals surface area contributed by atoms with Crippen molar-refractivity contribution in [1.82, 2.24) is 10.3 Å². The van der Waals surface area contributed by atoms with Crippen molar-refractivity contribution in [3.8, 4) is 0 Å². The van der Waals surface area contributed by atoms with E-state index in [0.717, 1.165) is 0 Å². The maximum atomic E-state index is 13.2. The summed E-state index contributed by atoms with van der Waals surface area (Å²) in [6.07, 6.45) is 3.61. The van der Waals surface area contributed by atoms with Gasteiger partial charge in [-0.2, -0.15) is 0 Å². The fraction of sp³-hybridized carbons (Fsp3) is 0.500. The molecule has 1 heterocycles. The van der Waals surface area contributed by atoms with Gasteiger partial charge in [0.2, 0.25) is 0 Å². The number of nitrogens with zero attached hydrogens (tertiary/aromatic N) is 1. The lowest BCUT2D eigenvalue weighted by molar-refractivity contribution is 0.516. The Balaban J connectivity index is 2.04. The van der Waals surface area contributed by atoms with Crippen LogP contribution in [-0.2, 0) is 6.54 Å². The van der Waals surface area contributed by atoms with E-state index in [4.69, 9.17) is 0 Å². The maximum absolute atomic E-state index is 13.2. The van der Waals surface area contributed by atoms with E-state index >= 15 is 0 Å². The van der Waals surface area contributed by atoms with E-state index in [1.165, 1.54) is 19.0 Å². The second-order valence-corrected chi connectivity index (χ2v) is 4.83. The first-order valence-corrected chi connectivity index (χ1v) is 5.43. The number of halogens is 2. The van der Waals surface area contributed by atoms with Gasteiger partial charge in [-0.15, -0.1) is 0 Å². The monoisotopic (exact) mass is 258 g/mol. The predicted molar refractivity (Wildman–Crippen MR) is 56.4 cm³/mol. The van der Waals surface area contributed by atoms with Crippen LogP contribution >= 0.6 is 15.9 Å². The van der Waals surface area contributed by atoms with Crippen molar-refractivity contribution in [2.75, 3.05) is 0 Å². The lowest BCUT2D eigenvalue weighted by atomic mass is 10.2. The zero-order valence-corrected chi connectivity index (χ0v) is 9.57. The first kappa shape index (κ1) is 10.1. The van der Waals surface area contributed by atoms with Crippen LogP contribution in [0.25, 0.3) is 0 Å². The molecule has 0 aliphatic heterocycles. The highest BCUT2D eigenvalue weighted by Gasteiger charge is 2.36. The first-order valence-electron chi connectivity index (χ1n) is 4.64. The predicted octanol–water partition coefficient (Wildman–Crippen LogP) is 2.63. The van der Waals surface area contributed by atoms with Crippen LogP contribution in [0.2, 0.25) is 0 Å². The van der Waals surface area contributed by atoms with Gasteiger partial charge in [0, 0.05) is 17.6 Å². The summed E-state index contributed by atoms with van der Waals surface area (Å²) in [5.41, 5.74) is 0.905. The Morgan fingerprint density at radius 3 is 3.00 bits per heavy atom. The third kappa shape index (κ3) is 2.30. The van der Waals surface area contributed by atoms with Crippen LogP contribution < -0.4 is 5.32 Å². The van der Waals surface area contributed by atoms with E-state index in [-0.39, 0.29) is 11.4 Å². The van der Waals surface area contributed by atoms with Gasteiger partial charge in [0.15, 0.2) is 0 Å². The van der Waals surface area contributed by atoms with E-state index < -0.39 is 0 Å². The highest BCUT2D eigenvalue weighted by atomic mass is 79.9. The molecular weight excluding hydrogens is 247 g/mol. The van der Waals surface area contributed by atoms with E-state index in [9.17, 15) is 4.39 Å². The first-order chi connectivity index (χ1) is 6.59. The Bertz CT molecular complexity index is 350. The minimum Gasteiger partial charge on any atom is -0.307 e. The number of rotatable bonds is 3. The lowest BCUT2D eigenvalue weighted by Crippen LogP contribution is -2.27. The summed E-state index contributed by atoms with van der Waals surface area (Å²) in [7, 11) is 0. The zero-order valence-electron chi connectivity index (χ0n) is 7.98. The molecule has 0 atom stereocenters. The Labute approximate surface area is 91.1 Å². The summed E-state index contributed by atoms with van der Waals surface area (Å²) in [4.78, 5) is 3.81. The van der Waals surface area contributed by atoms with Crippen LogP contribution in [0.1, 0.15) is 25.3 Å². The number of aromatic nitrogens is 1. The minimum atomic E-state index is -0.245. The summed E-state index contributed by atoms with van der Waals surface area (Å²) in [6.45, 7) is 2.73. The molecule has 0 radical (unpaired) electrons. The molecule has 0 aromatic carbocycles. The summed E-state index contributed by atoms with van der Waals surface area (Å²) in [5, 5.41) is 3.33. The van der Waals surface area contributed by atoms with Crippen molar-refractivity contribution < 1.29 is 4.39 Å². The summed E-state index contributed by atoms with van der Waals surface area (Å²) >= 11 is 3.23. The van der Waals surface area contributed by atoms with Crippen molar-refractivity contribution in [2.45, 2.75) is 31.8 Å². The van der Waals surface area contributed by atoms with Crippen molar-refractivity contribution in [2.24, 2.45) is 0 Å². The largest absolute Gasteiger partial charge is 0.307 e. The molecule has 4 heteroatoms. The molecule has 1 aliphatic carbocycles. The topological polar surface area (TPSA) is 24.9 Å². The quantitative estimate of drug-likeness (QED) is 0.844. The Morgan fingerprint density at radius 2 is 2.36 bits per heavy atom. The highest BCUT2D eigenvalue weighted by molar-refractivity contribution is 9.10. The number of pyridine rings is 1. The molecule has 0 saturated heterocycles. The number of nitrogens with one attached hydrogen (secondary N) is 1. The van der Waals surface area contributed by atoms with Crippen molar-refractivity contribution in [1.29, 1.82) is 0 Å². The Morgan fingerprint density at radius 1 is 1.64 bits per heavy atom. The molecule has 0 spiro atoms. The number of hydrogen-bond acceptors (Lipinski definition) is 2. The molecule has 0 unspecified atom stereocenters. The summed E-state index contributed by atoms with van der Waals surface area (Å²) in [6, 6.07) is 1.72. The van der Waals surface area contributed by atoms with Crippen LogP contribution in [0, 0.1) is 5.82 Å². The third-order valence-corrected chi connectivity index (χ3v) is 3.04. The second-order valence-electron chi connectivity index (χ2n) is 4.01. The zero-order chi connectivity index (χ0) is 10.2. The summed E-state index contributed by atoms with van der Waals surface area (Å²) < 4.78 is 13.9. The van der Waals surface area contributed by atoms with Crippen molar-refractivity contribution >= 4 is 15.9 Å². The van der Waals surface area contributed by atoms with E-state index in [0.29, 0.717) is 16.7 Å². The van der Waals surface area contributed by atoms with Crippen LogP contribution in [0.4, 0.5) is 4.39 Å². The van der Waals surface area contributed by atoms with E-state index in [1.54, 1.807) is 6.07 Å². The van der Waals surface area contributed by atoms with Gasteiger partial charge in [-0.1, -0.05) is 0 Å². The van der Waals surface area contributed by atoms with Gasteiger partial charge in [0.05, 0.1) is 6.20 Å². The average Bonchev–Trinajstić information content (AvgIpc) is 2.87. The van der Waals surface area contributed by atoms with Crippen LogP contribution in [0.5, 0.6) is 0 Å². The highest BCUT2D eigenvalue weighted by Crippen LogP contribution is 2.34. The fourth-order valence-electron chi connectivity index (χ4n) is 1.26. The molecule has 1 saturated carbocycles. The van der Waals surface area contributed by atoms with Crippen molar-refractivity contribution in [3.05, 3.63) is 28.2 Å². The van der Waals surface area contributed by atoms with E-state index in [2.05, 4.69) is 33.2 Å². The molecular formula is C10H12BrFN2.